The van der Waals surface area contributed by atoms with Crippen LogP contribution in [0.25, 0.3) is 11.5 Å². The highest BCUT2D eigenvalue weighted by Crippen LogP contribution is 2.31. The maximum Gasteiger partial charge on any atom is 0.265 e. The minimum Gasteiger partial charge on any atom is -0.492 e. The largest absolute Gasteiger partial charge is 0.492 e. The SMILES string of the molecule is CCCc1noc(-c2ccc(OCC)c(S(=O)(=O)Cl)c2)n1. The summed E-state index contributed by atoms with van der Waals surface area (Å²) in [7, 11) is 1.51. The highest BCUT2D eigenvalue weighted by Gasteiger charge is 2.20. The Morgan fingerprint density at radius 1 is 1.33 bits per heavy atom. The van der Waals surface area contributed by atoms with Crippen molar-refractivity contribution in [3.8, 4) is 17.2 Å². The van der Waals surface area contributed by atoms with Crippen molar-refractivity contribution in [2.45, 2.75) is 31.6 Å². The molecule has 0 unspecified atom stereocenters. The molecule has 114 valence electrons. The Morgan fingerprint density at radius 2 is 2.10 bits per heavy atom. The lowest BCUT2D eigenvalue weighted by Crippen LogP contribution is -2.00. The minimum atomic E-state index is -3.93. The van der Waals surface area contributed by atoms with E-state index >= 15 is 0 Å². The van der Waals surface area contributed by atoms with Gasteiger partial charge in [-0.1, -0.05) is 12.1 Å². The molecule has 0 spiro atoms. The topological polar surface area (TPSA) is 82.3 Å². The van der Waals surface area contributed by atoms with Crippen LogP contribution in [0.2, 0.25) is 0 Å². The maximum atomic E-state index is 11.6. The molecule has 0 atom stereocenters. The van der Waals surface area contributed by atoms with E-state index in [1.165, 1.54) is 12.1 Å². The number of nitrogens with zero attached hydrogens (tertiary/aromatic N) is 2. The van der Waals surface area contributed by atoms with Crippen LogP contribution in [-0.2, 0) is 15.5 Å². The van der Waals surface area contributed by atoms with Crippen LogP contribution in [0.1, 0.15) is 26.1 Å². The van der Waals surface area contributed by atoms with E-state index in [9.17, 15) is 8.42 Å². The van der Waals surface area contributed by atoms with Gasteiger partial charge in [0.05, 0.1) is 6.61 Å². The third-order valence-electron chi connectivity index (χ3n) is 2.69. The molecule has 0 bridgehead atoms. The van der Waals surface area contributed by atoms with Gasteiger partial charge in [0.25, 0.3) is 14.9 Å². The molecule has 6 nitrogen and oxygen atoms in total. The second-order valence-electron chi connectivity index (χ2n) is 4.30. The van der Waals surface area contributed by atoms with E-state index in [0.717, 1.165) is 6.42 Å². The molecule has 1 aromatic heterocycles. The summed E-state index contributed by atoms with van der Waals surface area (Å²) in [6.07, 6.45) is 1.59. The molecule has 2 rings (SSSR count). The van der Waals surface area contributed by atoms with E-state index in [1.807, 2.05) is 6.92 Å². The molecule has 0 amide bonds. The van der Waals surface area contributed by atoms with Gasteiger partial charge < -0.3 is 9.26 Å². The lowest BCUT2D eigenvalue weighted by Gasteiger charge is -2.08. The normalized spacial score (nSPS) is 11.6. The minimum absolute atomic E-state index is 0.112. The Balaban J connectivity index is 2.45. The van der Waals surface area contributed by atoms with Crippen LogP contribution in [0.15, 0.2) is 27.6 Å². The van der Waals surface area contributed by atoms with Crippen molar-refractivity contribution in [1.29, 1.82) is 0 Å². The zero-order chi connectivity index (χ0) is 15.5. The Labute approximate surface area is 127 Å². The first-order valence-corrected chi connectivity index (χ1v) is 8.81. The Hall–Kier alpha value is -1.60. The van der Waals surface area contributed by atoms with Crippen molar-refractivity contribution in [3.05, 3.63) is 24.0 Å². The summed E-state index contributed by atoms with van der Waals surface area (Å²) >= 11 is 0. The molecule has 21 heavy (non-hydrogen) atoms. The summed E-state index contributed by atoms with van der Waals surface area (Å²) in [5.41, 5.74) is 0.479. The fraction of sp³-hybridized carbons (Fsp3) is 0.385. The average molecular weight is 331 g/mol. The molecule has 8 heteroatoms. The first-order valence-electron chi connectivity index (χ1n) is 6.50. The van der Waals surface area contributed by atoms with E-state index in [2.05, 4.69) is 10.1 Å². The van der Waals surface area contributed by atoms with Crippen LogP contribution in [0, 0.1) is 0 Å². The summed E-state index contributed by atoms with van der Waals surface area (Å²) in [5.74, 6) is 1.03. The van der Waals surface area contributed by atoms with Gasteiger partial charge in [-0.2, -0.15) is 4.98 Å². The van der Waals surface area contributed by atoms with Gasteiger partial charge in [-0.15, -0.1) is 0 Å². The van der Waals surface area contributed by atoms with Crippen molar-refractivity contribution in [2.75, 3.05) is 6.61 Å². The van der Waals surface area contributed by atoms with Crippen LogP contribution in [0.4, 0.5) is 0 Å². The highest BCUT2D eigenvalue weighted by molar-refractivity contribution is 8.13. The number of halogens is 1. The predicted molar refractivity (Wildman–Crippen MR) is 77.9 cm³/mol. The number of aromatic nitrogens is 2. The highest BCUT2D eigenvalue weighted by atomic mass is 35.7. The standard InChI is InChI=1S/C13H15ClN2O4S/c1-3-5-12-15-13(20-16-12)9-6-7-10(19-4-2)11(8-9)21(14,17)18/h6-8H,3-5H2,1-2H3. The maximum absolute atomic E-state index is 11.6. The van der Waals surface area contributed by atoms with E-state index < -0.39 is 9.05 Å². The van der Waals surface area contributed by atoms with Gasteiger partial charge >= 0.3 is 0 Å². The Kier molecular flexibility index (Phi) is 4.84. The lowest BCUT2D eigenvalue weighted by molar-refractivity contribution is 0.331. The van der Waals surface area contributed by atoms with Crippen LogP contribution >= 0.6 is 10.7 Å². The number of hydrogen-bond acceptors (Lipinski definition) is 6. The fourth-order valence-corrected chi connectivity index (χ4v) is 2.80. The van der Waals surface area contributed by atoms with Gasteiger partial charge in [-0.25, -0.2) is 8.42 Å². The number of benzene rings is 1. The van der Waals surface area contributed by atoms with Crippen LogP contribution in [0.5, 0.6) is 5.75 Å². The van der Waals surface area contributed by atoms with Crippen molar-refractivity contribution >= 4 is 19.7 Å². The molecule has 0 N–H and O–H groups in total. The van der Waals surface area contributed by atoms with Crippen molar-refractivity contribution < 1.29 is 17.7 Å². The first kappa shape index (κ1) is 15.8. The zero-order valence-corrected chi connectivity index (χ0v) is 13.2. The van der Waals surface area contributed by atoms with E-state index in [1.54, 1.807) is 13.0 Å². The van der Waals surface area contributed by atoms with Crippen LogP contribution in [-0.4, -0.2) is 25.2 Å². The second kappa shape index (κ2) is 6.44. The molecule has 0 saturated heterocycles. The van der Waals surface area contributed by atoms with E-state index in [0.29, 0.717) is 24.4 Å². The summed E-state index contributed by atoms with van der Waals surface area (Å²) in [6, 6.07) is 4.55. The summed E-state index contributed by atoms with van der Waals surface area (Å²) in [6.45, 7) is 4.10. The third kappa shape index (κ3) is 3.74. The fourth-order valence-electron chi connectivity index (χ4n) is 1.80. The first-order chi connectivity index (χ1) is 9.95. The van der Waals surface area contributed by atoms with Gasteiger partial charge in [-0.05, 0) is 31.5 Å². The smallest absolute Gasteiger partial charge is 0.265 e. The van der Waals surface area contributed by atoms with Gasteiger partial charge in [0.15, 0.2) is 5.82 Å². The molecule has 0 radical (unpaired) electrons. The molecule has 0 fully saturated rings. The predicted octanol–water partition coefficient (Wildman–Crippen LogP) is 3.02. The Morgan fingerprint density at radius 3 is 2.71 bits per heavy atom. The summed E-state index contributed by atoms with van der Waals surface area (Å²) in [4.78, 5) is 4.10. The summed E-state index contributed by atoms with van der Waals surface area (Å²) < 4.78 is 33.7. The van der Waals surface area contributed by atoms with Gasteiger partial charge in [0.2, 0.25) is 0 Å². The van der Waals surface area contributed by atoms with Gasteiger partial charge in [0, 0.05) is 22.7 Å². The molecule has 0 saturated carbocycles. The molecule has 2 aromatic rings. The molecule has 0 aliphatic carbocycles. The van der Waals surface area contributed by atoms with E-state index in [4.69, 9.17) is 19.9 Å². The molecular weight excluding hydrogens is 316 g/mol. The average Bonchev–Trinajstić information content (AvgIpc) is 2.87. The summed E-state index contributed by atoms with van der Waals surface area (Å²) in [5, 5.41) is 3.83. The van der Waals surface area contributed by atoms with Crippen LogP contribution < -0.4 is 4.74 Å². The van der Waals surface area contributed by atoms with E-state index in [-0.39, 0.29) is 16.5 Å². The number of ether oxygens (including phenoxy) is 1. The molecule has 0 aliphatic heterocycles. The Bertz CT molecular complexity index is 728. The monoisotopic (exact) mass is 330 g/mol. The van der Waals surface area contributed by atoms with Gasteiger partial charge in [0.1, 0.15) is 10.6 Å². The quantitative estimate of drug-likeness (QED) is 0.757. The molecule has 0 aliphatic rings. The lowest BCUT2D eigenvalue weighted by atomic mass is 10.2. The van der Waals surface area contributed by atoms with Crippen LogP contribution in [0.3, 0.4) is 0 Å². The second-order valence-corrected chi connectivity index (χ2v) is 6.83. The molecular formula is C13H15ClN2O4S. The number of rotatable bonds is 6. The van der Waals surface area contributed by atoms with Crippen molar-refractivity contribution in [2.24, 2.45) is 0 Å². The number of aryl methyl sites for hydroxylation is 1. The molecule has 1 aromatic carbocycles. The molecule has 1 heterocycles. The van der Waals surface area contributed by atoms with Crippen molar-refractivity contribution in [3.63, 3.8) is 0 Å². The van der Waals surface area contributed by atoms with Crippen molar-refractivity contribution in [1.82, 2.24) is 10.1 Å². The zero-order valence-electron chi connectivity index (χ0n) is 11.7. The number of hydrogen-bond donors (Lipinski definition) is 0. The third-order valence-corrected chi connectivity index (χ3v) is 4.04. The van der Waals surface area contributed by atoms with Gasteiger partial charge in [-0.3, -0.25) is 0 Å².